The molecule has 5 aliphatic rings. The summed E-state index contributed by atoms with van der Waals surface area (Å²) in [5, 5.41) is 0.0769. The number of Topliss-reactive ketones (excluding diaryl/α,β-unsaturated/α-hetero) is 1. The predicted molar refractivity (Wildman–Crippen MR) is 115 cm³/mol. The Labute approximate surface area is 188 Å². The van der Waals surface area contributed by atoms with Crippen molar-refractivity contribution >= 4 is 33.4 Å². The van der Waals surface area contributed by atoms with E-state index < -0.39 is 16.0 Å². The number of halogens is 1. The lowest BCUT2D eigenvalue weighted by Crippen LogP contribution is -2.51. The van der Waals surface area contributed by atoms with Crippen LogP contribution in [0.3, 0.4) is 0 Å². The number of nitrogens with zero attached hydrogens (tertiary/aromatic N) is 1. The Morgan fingerprint density at radius 2 is 1.61 bits per heavy atom. The molecule has 6 rings (SSSR count). The average molecular weight is 466 g/mol. The van der Waals surface area contributed by atoms with Gasteiger partial charge >= 0.3 is 5.97 Å². The standard InChI is InChI=1S/C23H28ClNO5S/c24-19-4-3-18(10-20(19)31(28,29)25-5-1-2-6-25)22(27)30-14-21(26)23-11-15-7-16(12-23)9-17(8-15)13-23/h3-4,10,15-17H,1-2,5-9,11-14H2. The van der Waals surface area contributed by atoms with E-state index >= 15 is 0 Å². The molecule has 1 aliphatic heterocycles. The van der Waals surface area contributed by atoms with E-state index in [-0.39, 0.29) is 33.3 Å². The molecule has 168 valence electrons. The molecule has 1 heterocycles. The van der Waals surface area contributed by atoms with E-state index in [4.69, 9.17) is 16.3 Å². The number of ketones is 1. The monoisotopic (exact) mass is 465 g/mol. The van der Waals surface area contributed by atoms with Crippen LogP contribution in [0, 0.1) is 23.2 Å². The van der Waals surface area contributed by atoms with E-state index in [9.17, 15) is 18.0 Å². The molecule has 4 saturated carbocycles. The molecule has 0 radical (unpaired) electrons. The van der Waals surface area contributed by atoms with Gasteiger partial charge in [-0.2, -0.15) is 4.31 Å². The second-order valence-electron chi connectivity index (χ2n) is 9.95. The number of carbonyl (C=O) groups excluding carboxylic acids is 2. The number of rotatable bonds is 6. The number of hydrogen-bond donors (Lipinski definition) is 0. The first kappa shape index (κ1) is 21.4. The summed E-state index contributed by atoms with van der Waals surface area (Å²) in [6.45, 7) is 0.654. The van der Waals surface area contributed by atoms with E-state index in [1.165, 1.54) is 41.8 Å². The van der Waals surface area contributed by atoms with E-state index in [0.717, 1.165) is 32.1 Å². The van der Waals surface area contributed by atoms with Gasteiger partial charge in [-0.05, 0) is 87.3 Å². The smallest absolute Gasteiger partial charge is 0.338 e. The zero-order valence-corrected chi connectivity index (χ0v) is 19.1. The molecule has 0 atom stereocenters. The molecular formula is C23H28ClNO5S. The third-order valence-corrected chi connectivity index (χ3v) is 10.2. The van der Waals surface area contributed by atoms with Crippen molar-refractivity contribution in [3.8, 4) is 0 Å². The summed E-state index contributed by atoms with van der Waals surface area (Å²) in [5.41, 5.74) is -0.222. The molecule has 31 heavy (non-hydrogen) atoms. The average Bonchev–Trinajstić information content (AvgIpc) is 3.27. The molecule has 1 aromatic rings. The number of hydrogen-bond acceptors (Lipinski definition) is 5. The lowest BCUT2D eigenvalue weighted by atomic mass is 9.48. The third-order valence-electron chi connectivity index (χ3n) is 7.81. The molecule has 1 saturated heterocycles. The Hall–Kier alpha value is -1.44. The van der Waals surface area contributed by atoms with Crippen molar-refractivity contribution in [1.29, 1.82) is 0 Å². The van der Waals surface area contributed by atoms with Crippen molar-refractivity contribution in [2.75, 3.05) is 19.7 Å². The fourth-order valence-electron chi connectivity index (χ4n) is 6.72. The maximum Gasteiger partial charge on any atom is 0.338 e. The Morgan fingerprint density at radius 3 is 2.19 bits per heavy atom. The lowest BCUT2D eigenvalue weighted by molar-refractivity contribution is -0.147. The van der Waals surface area contributed by atoms with Crippen LogP contribution in [0.4, 0.5) is 0 Å². The van der Waals surface area contributed by atoms with Crippen LogP contribution in [0.15, 0.2) is 23.1 Å². The zero-order chi connectivity index (χ0) is 21.8. The summed E-state index contributed by atoms with van der Waals surface area (Å²) < 4.78 is 32.5. The number of benzene rings is 1. The fourth-order valence-corrected chi connectivity index (χ4v) is 8.73. The minimum Gasteiger partial charge on any atom is -0.454 e. The SMILES string of the molecule is O=C(OCC(=O)C12CC3CC(CC(C3)C1)C2)c1ccc(Cl)c(S(=O)(=O)N2CCCC2)c1. The van der Waals surface area contributed by atoms with Crippen LogP contribution in [-0.4, -0.2) is 44.2 Å². The summed E-state index contributed by atoms with van der Waals surface area (Å²) in [4.78, 5) is 25.7. The van der Waals surface area contributed by atoms with Gasteiger partial charge in [0.05, 0.1) is 10.6 Å². The van der Waals surface area contributed by atoms with E-state index in [0.29, 0.717) is 30.8 Å². The highest BCUT2D eigenvalue weighted by atomic mass is 35.5. The Morgan fingerprint density at radius 1 is 1.03 bits per heavy atom. The summed E-state index contributed by atoms with van der Waals surface area (Å²) in [6, 6.07) is 4.12. The van der Waals surface area contributed by atoms with Crippen LogP contribution in [0.2, 0.25) is 5.02 Å². The Balaban J connectivity index is 1.28. The largest absolute Gasteiger partial charge is 0.454 e. The fraction of sp³-hybridized carbons (Fsp3) is 0.652. The Bertz CT molecular complexity index is 980. The van der Waals surface area contributed by atoms with Gasteiger partial charge in [0.25, 0.3) is 0 Å². The highest BCUT2D eigenvalue weighted by Crippen LogP contribution is 2.60. The van der Waals surface area contributed by atoms with Gasteiger partial charge in [-0.3, -0.25) is 4.79 Å². The summed E-state index contributed by atoms with van der Waals surface area (Å²) in [6.07, 6.45) is 8.12. The van der Waals surface area contributed by atoms with Crippen molar-refractivity contribution < 1.29 is 22.7 Å². The summed E-state index contributed by atoms with van der Waals surface area (Å²) >= 11 is 6.16. The normalized spacial score (nSPS) is 32.4. The maximum absolute atomic E-state index is 13.1. The molecule has 0 spiro atoms. The van der Waals surface area contributed by atoms with Gasteiger partial charge in [-0.1, -0.05) is 11.6 Å². The molecule has 1 aromatic carbocycles. The van der Waals surface area contributed by atoms with Crippen molar-refractivity contribution in [2.24, 2.45) is 23.2 Å². The van der Waals surface area contributed by atoms with Gasteiger partial charge in [0.1, 0.15) is 4.90 Å². The highest BCUT2D eigenvalue weighted by molar-refractivity contribution is 7.89. The molecular weight excluding hydrogens is 438 g/mol. The number of ether oxygens (including phenoxy) is 1. The Kier molecular flexibility index (Phi) is 5.42. The molecule has 4 aliphatic carbocycles. The van der Waals surface area contributed by atoms with Crippen molar-refractivity contribution in [3.63, 3.8) is 0 Å². The molecule has 5 fully saturated rings. The number of sulfonamides is 1. The molecule has 0 amide bonds. The first-order valence-corrected chi connectivity index (χ1v) is 13.1. The van der Waals surface area contributed by atoms with Crippen LogP contribution >= 0.6 is 11.6 Å². The van der Waals surface area contributed by atoms with Gasteiger partial charge in [0.15, 0.2) is 12.4 Å². The van der Waals surface area contributed by atoms with Crippen molar-refractivity contribution in [1.82, 2.24) is 4.31 Å². The van der Waals surface area contributed by atoms with Gasteiger partial charge in [0, 0.05) is 18.5 Å². The van der Waals surface area contributed by atoms with Gasteiger partial charge in [-0.15, -0.1) is 0 Å². The number of esters is 1. The summed E-state index contributed by atoms with van der Waals surface area (Å²) in [7, 11) is -3.76. The first-order valence-electron chi connectivity index (χ1n) is 11.3. The second kappa shape index (κ2) is 7.85. The minimum atomic E-state index is -3.76. The minimum absolute atomic E-state index is 0.0267. The zero-order valence-electron chi connectivity index (χ0n) is 17.5. The predicted octanol–water partition coefficient (Wildman–Crippen LogP) is 4.07. The first-order chi connectivity index (χ1) is 14.8. The molecule has 4 bridgehead atoms. The van der Waals surface area contributed by atoms with E-state index in [1.807, 2.05) is 0 Å². The summed E-state index contributed by atoms with van der Waals surface area (Å²) in [5.74, 6) is 1.26. The molecule has 0 N–H and O–H groups in total. The van der Waals surface area contributed by atoms with E-state index in [1.54, 1.807) is 0 Å². The van der Waals surface area contributed by atoms with Gasteiger partial charge in [0.2, 0.25) is 10.0 Å². The van der Waals surface area contributed by atoms with Gasteiger partial charge < -0.3 is 4.74 Å². The van der Waals surface area contributed by atoms with E-state index in [2.05, 4.69) is 0 Å². The maximum atomic E-state index is 13.1. The molecule has 6 nitrogen and oxygen atoms in total. The van der Waals surface area contributed by atoms with Crippen molar-refractivity contribution in [3.05, 3.63) is 28.8 Å². The highest BCUT2D eigenvalue weighted by Gasteiger charge is 2.54. The van der Waals surface area contributed by atoms with Crippen LogP contribution in [0.1, 0.15) is 61.7 Å². The van der Waals surface area contributed by atoms with Crippen molar-refractivity contribution in [2.45, 2.75) is 56.3 Å². The second-order valence-corrected chi connectivity index (χ2v) is 12.3. The molecule has 8 heteroatoms. The van der Waals surface area contributed by atoms with Crippen LogP contribution < -0.4 is 0 Å². The number of carbonyl (C=O) groups is 2. The van der Waals surface area contributed by atoms with Crippen LogP contribution in [0.5, 0.6) is 0 Å². The van der Waals surface area contributed by atoms with Crippen LogP contribution in [0.25, 0.3) is 0 Å². The third kappa shape index (κ3) is 3.83. The molecule has 0 unspecified atom stereocenters. The van der Waals surface area contributed by atoms with Crippen LogP contribution in [-0.2, 0) is 19.6 Å². The van der Waals surface area contributed by atoms with Gasteiger partial charge in [-0.25, -0.2) is 13.2 Å². The molecule has 0 aromatic heterocycles. The quantitative estimate of drug-likeness (QED) is 0.591. The lowest BCUT2D eigenvalue weighted by Gasteiger charge is -2.55. The topological polar surface area (TPSA) is 80.8 Å².